The van der Waals surface area contributed by atoms with Gasteiger partial charge in [0.25, 0.3) is 5.91 Å². The van der Waals surface area contributed by atoms with E-state index in [4.69, 9.17) is 0 Å². The van der Waals surface area contributed by atoms with E-state index in [1.165, 1.54) is 25.3 Å². The topological polar surface area (TPSA) is 81.2 Å². The van der Waals surface area contributed by atoms with Crippen molar-refractivity contribution in [2.45, 2.75) is 33.0 Å². The Morgan fingerprint density at radius 1 is 1.22 bits per heavy atom. The standard InChI is InChI=1S/C18H18F3N3O3/c1-11-5-14(8-15(24-11)6-12(2)25)17(26)23-9-13-3-4-22-16(7-13)27-10-18(19,20)21/h3-5,7-8H,6,9-10H2,1-2H3,(H,23,26). The quantitative estimate of drug-likeness (QED) is 0.798. The molecule has 0 atom stereocenters. The molecule has 0 aromatic carbocycles. The lowest BCUT2D eigenvalue weighted by Gasteiger charge is -2.10. The number of hydrogen-bond acceptors (Lipinski definition) is 5. The summed E-state index contributed by atoms with van der Waals surface area (Å²) in [7, 11) is 0. The monoisotopic (exact) mass is 381 g/mol. The molecule has 2 aromatic rings. The predicted octanol–water partition coefficient (Wildman–Crippen LogP) is 2.79. The maximum absolute atomic E-state index is 12.3. The molecule has 27 heavy (non-hydrogen) atoms. The van der Waals surface area contributed by atoms with Gasteiger partial charge in [0, 0.05) is 42.2 Å². The molecule has 0 aliphatic carbocycles. The highest BCUT2D eigenvalue weighted by Gasteiger charge is 2.28. The Balaban J connectivity index is 2.01. The largest absolute Gasteiger partial charge is 0.468 e. The van der Waals surface area contributed by atoms with Crippen LogP contribution in [0.1, 0.15) is 34.2 Å². The highest BCUT2D eigenvalue weighted by Crippen LogP contribution is 2.17. The summed E-state index contributed by atoms with van der Waals surface area (Å²) in [6.45, 7) is 1.79. The third-order valence-electron chi connectivity index (χ3n) is 3.33. The average molecular weight is 381 g/mol. The van der Waals surface area contributed by atoms with E-state index in [1.807, 2.05) is 0 Å². The number of carbonyl (C=O) groups excluding carboxylic acids is 2. The minimum absolute atomic E-state index is 0.0670. The summed E-state index contributed by atoms with van der Waals surface area (Å²) >= 11 is 0. The summed E-state index contributed by atoms with van der Waals surface area (Å²) in [4.78, 5) is 31.5. The number of alkyl halides is 3. The van der Waals surface area contributed by atoms with E-state index in [9.17, 15) is 22.8 Å². The summed E-state index contributed by atoms with van der Waals surface area (Å²) in [6, 6.07) is 6.00. The Bertz CT molecular complexity index is 838. The molecule has 2 aromatic heterocycles. The van der Waals surface area contributed by atoms with Crippen LogP contribution in [0.25, 0.3) is 0 Å². The van der Waals surface area contributed by atoms with Gasteiger partial charge in [0.15, 0.2) is 6.61 Å². The number of pyridine rings is 2. The first-order valence-corrected chi connectivity index (χ1v) is 8.02. The number of aryl methyl sites for hydroxylation is 1. The smallest absolute Gasteiger partial charge is 0.422 e. The SMILES string of the molecule is CC(=O)Cc1cc(C(=O)NCc2ccnc(OCC(F)(F)F)c2)cc(C)n1. The van der Waals surface area contributed by atoms with Gasteiger partial charge < -0.3 is 10.1 Å². The maximum Gasteiger partial charge on any atom is 0.422 e. The van der Waals surface area contributed by atoms with Gasteiger partial charge in [-0.05, 0) is 37.6 Å². The van der Waals surface area contributed by atoms with Crippen molar-refractivity contribution in [1.29, 1.82) is 0 Å². The first kappa shape index (κ1) is 20.3. The van der Waals surface area contributed by atoms with Crippen LogP contribution in [0, 0.1) is 6.92 Å². The highest BCUT2D eigenvalue weighted by molar-refractivity contribution is 5.94. The number of ether oxygens (including phenoxy) is 1. The molecule has 144 valence electrons. The van der Waals surface area contributed by atoms with Crippen molar-refractivity contribution in [3.8, 4) is 5.88 Å². The summed E-state index contributed by atoms with van der Waals surface area (Å²) < 4.78 is 41.2. The zero-order chi connectivity index (χ0) is 20.0. The molecule has 1 N–H and O–H groups in total. The number of carbonyl (C=O) groups is 2. The summed E-state index contributed by atoms with van der Waals surface area (Å²) in [5.74, 6) is -0.634. The van der Waals surface area contributed by atoms with Crippen molar-refractivity contribution in [2.75, 3.05) is 6.61 Å². The summed E-state index contributed by atoms with van der Waals surface area (Å²) in [5, 5.41) is 2.67. The molecule has 9 heteroatoms. The van der Waals surface area contributed by atoms with Crippen molar-refractivity contribution in [2.24, 2.45) is 0 Å². The van der Waals surface area contributed by atoms with Gasteiger partial charge in [-0.3, -0.25) is 14.6 Å². The molecule has 0 fully saturated rings. The molecule has 1 amide bonds. The second-order valence-corrected chi connectivity index (χ2v) is 5.96. The van der Waals surface area contributed by atoms with Crippen LogP contribution in [0.3, 0.4) is 0 Å². The van der Waals surface area contributed by atoms with Gasteiger partial charge in [-0.25, -0.2) is 4.98 Å². The molecular formula is C18H18F3N3O3. The molecule has 6 nitrogen and oxygen atoms in total. The lowest BCUT2D eigenvalue weighted by molar-refractivity contribution is -0.154. The first-order chi connectivity index (χ1) is 12.6. The van der Waals surface area contributed by atoms with Crippen LogP contribution in [-0.4, -0.2) is 34.4 Å². The minimum atomic E-state index is -4.46. The Labute approximate surface area is 153 Å². The van der Waals surface area contributed by atoms with Crippen molar-refractivity contribution < 1.29 is 27.5 Å². The minimum Gasteiger partial charge on any atom is -0.468 e. The van der Waals surface area contributed by atoms with E-state index >= 15 is 0 Å². The average Bonchev–Trinajstić information content (AvgIpc) is 2.56. The van der Waals surface area contributed by atoms with E-state index < -0.39 is 12.8 Å². The molecule has 0 unspecified atom stereocenters. The van der Waals surface area contributed by atoms with E-state index in [1.54, 1.807) is 19.1 Å². The normalized spacial score (nSPS) is 11.1. The van der Waals surface area contributed by atoms with Gasteiger partial charge in [0.1, 0.15) is 5.78 Å². The third-order valence-corrected chi connectivity index (χ3v) is 3.33. The number of amides is 1. The lowest BCUT2D eigenvalue weighted by atomic mass is 10.1. The molecule has 0 spiro atoms. The van der Waals surface area contributed by atoms with Crippen molar-refractivity contribution in [3.05, 3.63) is 53.0 Å². The molecule has 0 aliphatic rings. The lowest BCUT2D eigenvalue weighted by Crippen LogP contribution is -2.23. The van der Waals surface area contributed by atoms with Gasteiger partial charge in [-0.1, -0.05) is 0 Å². The third kappa shape index (κ3) is 7.04. The van der Waals surface area contributed by atoms with Gasteiger partial charge >= 0.3 is 6.18 Å². The van der Waals surface area contributed by atoms with Gasteiger partial charge in [0.05, 0.1) is 0 Å². The number of nitrogens with one attached hydrogen (secondary N) is 1. The van der Waals surface area contributed by atoms with Crippen molar-refractivity contribution in [1.82, 2.24) is 15.3 Å². The molecule has 0 radical (unpaired) electrons. The number of nitrogens with zero attached hydrogens (tertiary/aromatic N) is 2. The van der Waals surface area contributed by atoms with Gasteiger partial charge in [-0.2, -0.15) is 13.2 Å². The van der Waals surface area contributed by atoms with E-state index in [0.29, 0.717) is 22.5 Å². The van der Waals surface area contributed by atoms with E-state index in [2.05, 4.69) is 20.0 Å². The van der Waals surface area contributed by atoms with Crippen LogP contribution in [0.5, 0.6) is 5.88 Å². The fourth-order valence-corrected chi connectivity index (χ4v) is 2.29. The molecule has 0 saturated heterocycles. The van der Waals surface area contributed by atoms with Crippen LogP contribution >= 0.6 is 0 Å². The first-order valence-electron chi connectivity index (χ1n) is 8.02. The van der Waals surface area contributed by atoms with Crippen LogP contribution in [0.4, 0.5) is 13.2 Å². The van der Waals surface area contributed by atoms with Gasteiger partial charge in [-0.15, -0.1) is 0 Å². The zero-order valence-electron chi connectivity index (χ0n) is 14.8. The zero-order valence-corrected chi connectivity index (χ0v) is 14.8. The molecule has 0 aliphatic heterocycles. The Hall–Kier alpha value is -2.97. The number of hydrogen-bond donors (Lipinski definition) is 1. The number of aromatic nitrogens is 2. The number of Topliss-reactive ketones (excluding diaryl/α,β-unsaturated/α-hetero) is 1. The molecular weight excluding hydrogens is 363 g/mol. The van der Waals surface area contributed by atoms with Crippen LogP contribution in [0.15, 0.2) is 30.5 Å². The van der Waals surface area contributed by atoms with Crippen LogP contribution in [0.2, 0.25) is 0 Å². The second-order valence-electron chi connectivity index (χ2n) is 5.96. The van der Waals surface area contributed by atoms with Crippen molar-refractivity contribution >= 4 is 11.7 Å². The van der Waals surface area contributed by atoms with E-state index in [-0.39, 0.29) is 30.5 Å². The molecule has 2 rings (SSSR count). The Morgan fingerprint density at radius 3 is 2.63 bits per heavy atom. The number of ketones is 1. The molecule has 0 bridgehead atoms. The summed E-state index contributed by atoms with van der Waals surface area (Å²) in [5.41, 5.74) is 1.98. The number of rotatable bonds is 7. The molecule has 0 saturated carbocycles. The highest BCUT2D eigenvalue weighted by atomic mass is 19.4. The number of halogens is 3. The van der Waals surface area contributed by atoms with E-state index in [0.717, 1.165) is 0 Å². The fraction of sp³-hybridized carbons (Fsp3) is 0.333. The Kier molecular flexibility index (Phi) is 6.49. The van der Waals surface area contributed by atoms with Gasteiger partial charge in [0.2, 0.25) is 5.88 Å². The van der Waals surface area contributed by atoms with Crippen LogP contribution in [-0.2, 0) is 17.8 Å². The fourth-order valence-electron chi connectivity index (χ4n) is 2.29. The molecule has 2 heterocycles. The van der Waals surface area contributed by atoms with Crippen LogP contribution < -0.4 is 10.1 Å². The van der Waals surface area contributed by atoms with Crippen molar-refractivity contribution in [3.63, 3.8) is 0 Å². The predicted molar refractivity (Wildman–Crippen MR) is 90.3 cm³/mol. The maximum atomic E-state index is 12.3. The Morgan fingerprint density at radius 2 is 1.96 bits per heavy atom. The second kappa shape index (κ2) is 8.61. The summed E-state index contributed by atoms with van der Waals surface area (Å²) in [6.07, 6.45) is -3.02.